The van der Waals surface area contributed by atoms with Crippen LogP contribution in [0.25, 0.3) is 11.4 Å². The number of carbonyl (C=O) groups excluding carboxylic acids is 1. The third-order valence-electron chi connectivity index (χ3n) is 3.37. The second kappa shape index (κ2) is 6.74. The summed E-state index contributed by atoms with van der Waals surface area (Å²) in [6, 6.07) is 8.08. The van der Waals surface area contributed by atoms with Crippen LogP contribution in [0.2, 0.25) is 0 Å². The summed E-state index contributed by atoms with van der Waals surface area (Å²) in [4.78, 5) is 12.2. The highest BCUT2D eigenvalue weighted by molar-refractivity contribution is 8.00. The molecule has 0 aliphatic carbocycles. The average molecular weight is 332 g/mol. The SMILES string of the molecule is Cc1ccccc1-c1nnc(SC(C)C(=O)NC(C)(C)C)n1C. The van der Waals surface area contributed by atoms with Crippen molar-refractivity contribution in [2.45, 2.75) is 50.6 Å². The maximum absolute atomic E-state index is 12.2. The number of rotatable bonds is 4. The van der Waals surface area contributed by atoms with Gasteiger partial charge in [-0.25, -0.2) is 0 Å². The normalized spacial score (nSPS) is 13.0. The summed E-state index contributed by atoms with van der Waals surface area (Å²) >= 11 is 1.42. The summed E-state index contributed by atoms with van der Waals surface area (Å²) in [6.07, 6.45) is 0. The summed E-state index contributed by atoms with van der Waals surface area (Å²) < 4.78 is 1.94. The van der Waals surface area contributed by atoms with Crippen molar-refractivity contribution in [2.24, 2.45) is 7.05 Å². The lowest BCUT2D eigenvalue weighted by Gasteiger charge is -2.22. The van der Waals surface area contributed by atoms with Gasteiger partial charge in [-0.05, 0) is 40.2 Å². The van der Waals surface area contributed by atoms with Gasteiger partial charge in [0.05, 0.1) is 5.25 Å². The van der Waals surface area contributed by atoms with Gasteiger partial charge < -0.3 is 9.88 Å². The van der Waals surface area contributed by atoms with E-state index < -0.39 is 0 Å². The molecule has 0 aliphatic rings. The molecule has 1 amide bonds. The number of benzene rings is 1. The van der Waals surface area contributed by atoms with Crippen LogP contribution in [0, 0.1) is 6.92 Å². The zero-order chi connectivity index (χ0) is 17.2. The average Bonchev–Trinajstić information content (AvgIpc) is 2.79. The predicted molar refractivity (Wildman–Crippen MR) is 94.4 cm³/mol. The first kappa shape index (κ1) is 17.5. The van der Waals surface area contributed by atoms with E-state index in [1.165, 1.54) is 11.8 Å². The Morgan fingerprint density at radius 1 is 1.26 bits per heavy atom. The molecule has 0 aliphatic heterocycles. The highest BCUT2D eigenvalue weighted by Gasteiger charge is 2.22. The molecule has 124 valence electrons. The van der Waals surface area contributed by atoms with Crippen molar-refractivity contribution < 1.29 is 4.79 Å². The van der Waals surface area contributed by atoms with Gasteiger partial charge in [-0.3, -0.25) is 4.79 Å². The molecule has 2 rings (SSSR count). The first-order chi connectivity index (χ1) is 10.7. The van der Waals surface area contributed by atoms with E-state index in [1.54, 1.807) is 0 Å². The van der Waals surface area contributed by atoms with E-state index >= 15 is 0 Å². The minimum absolute atomic E-state index is 0.00272. The summed E-state index contributed by atoms with van der Waals surface area (Å²) in [5.41, 5.74) is 1.97. The minimum Gasteiger partial charge on any atom is -0.351 e. The van der Waals surface area contributed by atoms with Crippen molar-refractivity contribution >= 4 is 17.7 Å². The smallest absolute Gasteiger partial charge is 0.233 e. The molecule has 1 heterocycles. The fourth-order valence-corrected chi connectivity index (χ4v) is 2.97. The number of aryl methyl sites for hydroxylation is 1. The molecule has 23 heavy (non-hydrogen) atoms. The van der Waals surface area contributed by atoms with Crippen molar-refractivity contribution in [3.05, 3.63) is 29.8 Å². The minimum atomic E-state index is -0.238. The third-order valence-corrected chi connectivity index (χ3v) is 4.50. The van der Waals surface area contributed by atoms with Crippen molar-refractivity contribution in [1.82, 2.24) is 20.1 Å². The zero-order valence-electron chi connectivity index (χ0n) is 14.5. The quantitative estimate of drug-likeness (QED) is 0.874. The maximum atomic E-state index is 12.2. The van der Waals surface area contributed by atoms with E-state index in [0.717, 1.165) is 22.1 Å². The Balaban J connectivity index is 2.17. The fourth-order valence-electron chi connectivity index (χ4n) is 2.16. The van der Waals surface area contributed by atoms with Gasteiger partial charge in [0.1, 0.15) is 0 Å². The predicted octanol–water partition coefficient (Wildman–Crippen LogP) is 3.19. The van der Waals surface area contributed by atoms with Crippen LogP contribution in [0.15, 0.2) is 29.4 Å². The molecule has 1 aromatic carbocycles. The van der Waals surface area contributed by atoms with Gasteiger partial charge in [0.25, 0.3) is 0 Å². The van der Waals surface area contributed by atoms with E-state index in [2.05, 4.69) is 28.5 Å². The van der Waals surface area contributed by atoms with Crippen molar-refractivity contribution in [2.75, 3.05) is 0 Å². The van der Waals surface area contributed by atoms with Crippen LogP contribution >= 0.6 is 11.8 Å². The summed E-state index contributed by atoms with van der Waals surface area (Å²) in [5.74, 6) is 0.817. The van der Waals surface area contributed by atoms with Crippen molar-refractivity contribution in [1.29, 1.82) is 0 Å². The molecule has 0 saturated heterocycles. The number of nitrogens with one attached hydrogen (secondary N) is 1. The topological polar surface area (TPSA) is 59.8 Å². The molecule has 0 saturated carbocycles. The number of hydrogen-bond acceptors (Lipinski definition) is 4. The van der Waals surface area contributed by atoms with E-state index in [1.807, 2.05) is 57.5 Å². The molecule has 1 unspecified atom stereocenters. The van der Waals surface area contributed by atoms with Crippen molar-refractivity contribution in [3.8, 4) is 11.4 Å². The number of aromatic nitrogens is 3. The second-order valence-electron chi connectivity index (χ2n) is 6.68. The molecule has 1 N–H and O–H groups in total. The summed E-state index contributed by atoms with van der Waals surface area (Å²) in [7, 11) is 1.93. The van der Waals surface area contributed by atoms with Crippen LogP contribution in [0.3, 0.4) is 0 Å². The van der Waals surface area contributed by atoms with Crippen LogP contribution in [0.1, 0.15) is 33.3 Å². The van der Waals surface area contributed by atoms with Gasteiger partial charge in [0.2, 0.25) is 5.91 Å². The zero-order valence-corrected chi connectivity index (χ0v) is 15.4. The van der Waals surface area contributed by atoms with Gasteiger partial charge >= 0.3 is 0 Å². The van der Waals surface area contributed by atoms with Crippen molar-refractivity contribution in [3.63, 3.8) is 0 Å². The Morgan fingerprint density at radius 2 is 1.91 bits per heavy atom. The number of nitrogens with zero attached hydrogens (tertiary/aromatic N) is 3. The Kier molecular flexibility index (Phi) is 5.14. The van der Waals surface area contributed by atoms with E-state index in [4.69, 9.17) is 0 Å². The second-order valence-corrected chi connectivity index (χ2v) is 7.99. The highest BCUT2D eigenvalue weighted by Crippen LogP contribution is 2.27. The van der Waals surface area contributed by atoms with Gasteiger partial charge in [0, 0.05) is 18.2 Å². The molecule has 2 aromatic rings. The molecule has 5 nitrogen and oxygen atoms in total. The first-order valence-electron chi connectivity index (χ1n) is 7.63. The van der Waals surface area contributed by atoms with E-state index in [-0.39, 0.29) is 16.7 Å². The van der Waals surface area contributed by atoms with Gasteiger partial charge in [-0.2, -0.15) is 0 Å². The number of hydrogen-bond donors (Lipinski definition) is 1. The van der Waals surface area contributed by atoms with Crippen LogP contribution in [0.4, 0.5) is 0 Å². The van der Waals surface area contributed by atoms with Gasteiger partial charge in [0.15, 0.2) is 11.0 Å². The number of thioether (sulfide) groups is 1. The monoisotopic (exact) mass is 332 g/mol. The van der Waals surface area contributed by atoms with E-state index in [9.17, 15) is 4.79 Å². The lowest BCUT2D eigenvalue weighted by molar-refractivity contribution is -0.121. The molecule has 0 spiro atoms. The van der Waals surface area contributed by atoms with Gasteiger partial charge in [-0.1, -0.05) is 36.0 Å². The standard InChI is InChI=1S/C17H24N4OS/c1-11-9-7-8-10-13(11)14-19-20-16(21(14)6)23-12(2)15(22)18-17(3,4)5/h7-10,12H,1-6H3,(H,18,22). The van der Waals surface area contributed by atoms with Crippen LogP contribution in [-0.2, 0) is 11.8 Å². The number of carbonyl (C=O) groups is 1. The molecule has 0 bridgehead atoms. The Bertz CT molecular complexity index is 703. The summed E-state index contributed by atoms with van der Waals surface area (Å²) in [5, 5.41) is 12.0. The third kappa shape index (κ3) is 4.34. The molecule has 0 radical (unpaired) electrons. The molecule has 1 aromatic heterocycles. The lowest BCUT2D eigenvalue weighted by Crippen LogP contribution is -2.44. The Labute approximate surface area is 141 Å². The number of amides is 1. The van der Waals surface area contributed by atoms with Crippen LogP contribution < -0.4 is 5.32 Å². The van der Waals surface area contributed by atoms with Crippen LogP contribution in [-0.4, -0.2) is 31.5 Å². The largest absolute Gasteiger partial charge is 0.351 e. The molecule has 6 heteroatoms. The van der Waals surface area contributed by atoms with Gasteiger partial charge in [-0.15, -0.1) is 10.2 Å². The maximum Gasteiger partial charge on any atom is 0.233 e. The highest BCUT2D eigenvalue weighted by atomic mass is 32.2. The van der Waals surface area contributed by atoms with E-state index in [0.29, 0.717) is 0 Å². The van der Waals surface area contributed by atoms with Crippen LogP contribution in [0.5, 0.6) is 0 Å². The summed E-state index contributed by atoms with van der Waals surface area (Å²) in [6.45, 7) is 9.85. The lowest BCUT2D eigenvalue weighted by atomic mass is 10.1. The molecule has 1 atom stereocenters. The first-order valence-corrected chi connectivity index (χ1v) is 8.51. The Morgan fingerprint density at radius 3 is 2.52 bits per heavy atom. The fraction of sp³-hybridized carbons (Fsp3) is 0.471. The molecular formula is C17H24N4OS. The molecular weight excluding hydrogens is 308 g/mol. The molecule has 0 fully saturated rings. The Hall–Kier alpha value is -1.82.